The summed E-state index contributed by atoms with van der Waals surface area (Å²) < 4.78 is 0. The predicted molar refractivity (Wildman–Crippen MR) is 213 cm³/mol. The molecule has 0 bridgehead atoms. The van der Waals surface area contributed by atoms with E-state index >= 15 is 0 Å². The topological polar surface area (TPSA) is 3.24 Å². The average Bonchev–Trinajstić information content (AvgIpc) is 3.48. The summed E-state index contributed by atoms with van der Waals surface area (Å²) in [6.07, 6.45) is 0. The third kappa shape index (κ3) is 4.15. The van der Waals surface area contributed by atoms with Gasteiger partial charge in [0.05, 0.1) is 11.1 Å². The van der Waals surface area contributed by atoms with E-state index in [2.05, 4.69) is 207 Å². The summed E-state index contributed by atoms with van der Waals surface area (Å²) in [7, 11) is 0. The highest BCUT2D eigenvalue weighted by atomic mass is 15.1. The summed E-state index contributed by atoms with van der Waals surface area (Å²) in [5, 5.41) is 2.46. The molecule has 0 atom stereocenters. The van der Waals surface area contributed by atoms with Gasteiger partial charge in [0.1, 0.15) is 0 Å². The monoisotopic (exact) mass is 651 g/mol. The Labute approximate surface area is 300 Å². The Morgan fingerprint density at radius 1 is 0.353 bits per heavy atom. The van der Waals surface area contributed by atoms with E-state index in [1.54, 1.807) is 0 Å². The molecule has 51 heavy (non-hydrogen) atoms. The number of nitrogens with zero attached hydrogens (tertiary/aromatic N) is 1. The normalized spacial score (nSPS) is 14.4. The second-order valence-corrected chi connectivity index (χ2v) is 14.5. The molecular formula is C50H37N. The molecule has 2 aliphatic rings. The van der Waals surface area contributed by atoms with E-state index < -0.39 is 5.41 Å². The molecule has 0 saturated carbocycles. The van der Waals surface area contributed by atoms with Crippen LogP contribution in [0.1, 0.15) is 47.2 Å². The number of para-hydroxylation sites is 2. The largest absolute Gasteiger partial charge is 0.310 e. The fourth-order valence-corrected chi connectivity index (χ4v) is 9.35. The van der Waals surface area contributed by atoms with Crippen molar-refractivity contribution in [3.05, 3.63) is 221 Å². The SMILES string of the molecule is CC1(C)c2ccccc2C2(c3ccccc3-c3ccc(-c4cccc5c(N(c6ccccc6)c6ccccc6)cccc45)cc32)c2ccccc21. The van der Waals surface area contributed by atoms with Crippen LogP contribution in [0.5, 0.6) is 0 Å². The molecule has 0 unspecified atom stereocenters. The highest BCUT2D eigenvalue weighted by Crippen LogP contribution is 2.62. The molecule has 0 fully saturated rings. The van der Waals surface area contributed by atoms with Gasteiger partial charge in [-0.1, -0.05) is 166 Å². The molecule has 0 N–H and O–H groups in total. The van der Waals surface area contributed by atoms with Gasteiger partial charge in [0.15, 0.2) is 0 Å². The first-order valence-corrected chi connectivity index (χ1v) is 18.0. The van der Waals surface area contributed by atoms with Gasteiger partial charge < -0.3 is 4.90 Å². The molecule has 0 amide bonds. The van der Waals surface area contributed by atoms with E-state index in [4.69, 9.17) is 0 Å². The van der Waals surface area contributed by atoms with Crippen molar-refractivity contribution < 1.29 is 0 Å². The Kier molecular flexibility index (Phi) is 6.51. The van der Waals surface area contributed by atoms with Gasteiger partial charge in [-0.2, -0.15) is 0 Å². The fourth-order valence-electron chi connectivity index (χ4n) is 9.35. The van der Waals surface area contributed by atoms with E-state index in [9.17, 15) is 0 Å². The number of benzene rings is 8. The lowest BCUT2D eigenvalue weighted by atomic mass is 9.55. The van der Waals surface area contributed by atoms with Gasteiger partial charge in [-0.3, -0.25) is 0 Å². The molecular weight excluding hydrogens is 615 g/mol. The molecule has 1 spiro atoms. The van der Waals surface area contributed by atoms with Gasteiger partial charge in [0.2, 0.25) is 0 Å². The summed E-state index contributed by atoms with van der Waals surface area (Å²) in [5.74, 6) is 0. The van der Waals surface area contributed by atoms with Crippen molar-refractivity contribution in [2.24, 2.45) is 0 Å². The van der Waals surface area contributed by atoms with E-state index in [1.807, 2.05) is 0 Å². The molecule has 8 aromatic rings. The Bertz CT molecular complexity index is 2530. The Morgan fingerprint density at radius 3 is 1.49 bits per heavy atom. The van der Waals surface area contributed by atoms with Gasteiger partial charge in [-0.05, 0) is 97.4 Å². The highest BCUT2D eigenvalue weighted by molar-refractivity contribution is 6.06. The zero-order chi connectivity index (χ0) is 34.2. The molecule has 8 aromatic carbocycles. The molecule has 0 aliphatic heterocycles. The third-order valence-electron chi connectivity index (χ3n) is 11.5. The van der Waals surface area contributed by atoms with Crippen molar-refractivity contribution >= 4 is 27.8 Å². The second-order valence-electron chi connectivity index (χ2n) is 14.5. The number of rotatable bonds is 4. The van der Waals surface area contributed by atoms with Crippen LogP contribution in [0.4, 0.5) is 17.1 Å². The van der Waals surface area contributed by atoms with Crippen LogP contribution >= 0.6 is 0 Å². The Morgan fingerprint density at radius 2 is 0.843 bits per heavy atom. The number of hydrogen-bond acceptors (Lipinski definition) is 1. The van der Waals surface area contributed by atoms with Crippen molar-refractivity contribution in [2.45, 2.75) is 24.7 Å². The summed E-state index contributed by atoms with van der Waals surface area (Å²) >= 11 is 0. The molecule has 0 radical (unpaired) electrons. The van der Waals surface area contributed by atoms with Crippen molar-refractivity contribution in [3.8, 4) is 22.3 Å². The van der Waals surface area contributed by atoms with Crippen LogP contribution in [0, 0.1) is 0 Å². The van der Waals surface area contributed by atoms with Crippen LogP contribution in [0.25, 0.3) is 33.0 Å². The lowest BCUT2D eigenvalue weighted by Crippen LogP contribution is -2.40. The van der Waals surface area contributed by atoms with Crippen molar-refractivity contribution in [1.29, 1.82) is 0 Å². The van der Waals surface area contributed by atoms with Crippen molar-refractivity contribution in [2.75, 3.05) is 4.90 Å². The lowest BCUT2D eigenvalue weighted by molar-refractivity contribution is 0.563. The Hall–Kier alpha value is -6.18. The van der Waals surface area contributed by atoms with Gasteiger partial charge in [-0.25, -0.2) is 0 Å². The average molecular weight is 652 g/mol. The molecule has 10 rings (SSSR count). The predicted octanol–water partition coefficient (Wildman–Crippen LogP) is 13.0. The van der Waals surface area contributed by atoms with Crippen LogP contribution in [-0.4, -0.2) is 0 Å². The maximum atomic E-state index is 2.51. The van der Waals surface area contributed by atoms with Gasteiger partial charge in [0, 0.05) is 22.2 Å². The van der Waals surface area contributed by atoms with E-state index in [-0.39, 0.29) is 5.41 Å². The van der Waals surface area contributed by atoms with Crippen LogP contribution in [-0.2, 0) is 10.8 Å². The molecule has 1 nitrogen and oxygen atoms in total. The fraction of sp³-hybridized carbons (Fsp3) is 0.0800. The molecule has 242 valence electrons. The zero-order valence-corrected chi connectivity index (χ0v) is 28.8. The first-order chi connectivity index (χ1) is 25.1. The first-order valence-electron chi connectivity index (χ1n) is 18.0. The smallest absolute Gasteiger partial charge is 0.0719 e. The van der Waals surface area contributed by atoms with E-state index in [0.717, 1.165) is 17.1 Å². The molecule has 2 aliphatic carbocycles. The van der Waals surface area contributed by atoms with Crippen LogP contribution < -0.4 is 4.90 Å². The number of fused-ring (bicyclic) bond motifs is 10. The van der Waals surface area contributed by atoms with Crippen molar-refractivity contribution in [1.82, 2.24) is 0 Å². The summed E-state index contributed by atoms with van der Waals surface area (Å²) in [6.45, 7) is 4.77. The maximum absolute atomic E-state index is 2.51. The standard InChI is InChI=1S/C50H37N/c1-49(2)43-26-11-13-28-45(43)50(46-29-14-12-27-44(46)49)42-25-10-9-21-39(42)40-32-31-34(33-47(40)50)37-22-15-24-41-38(37)23-16-30-48(41)51(35-17-5-3-6-18-35)36-19-7-4-8-20-36/h3-33H,1-2H3. The maximum Gasteiger partial charge on any atom is 0.0719 e. The minimum atomic E-state index is -0.419. The van der Waals surface area contributed by atoms with Gasteiger partial charge in [0.25, 0.3) is 0 Å². The van der Waals surface area contributed by atoms with Gasteiger partial charge in [-0.15, -0.1) is 0 Å². The molecule has 0 aromatic heterocycles. The van der Waals surface area contributed by atoms with Crippen LogP contribution in [0.2, 0.25) is 0 Å². The van der Waals surface area contributed by atoms with Crippen molar-refractivity contribution in [3.63, 3.8) is 0 Å². The third-order valence-corrected chi connectivity index (χ3v) is 11.5. The zero-order valence-electron chi connectivity index (χ0n) is 28.8. The van der Waals surface area contributed by atoms with E-state index in [0.29, 0.717) is 0 Å². The first kappa shape index (κ1) is 29.7. The second kappa shape index (κ2) is 11.2. The Balaban J connectivity index is 1.23. The quantitative estimate of drug-likeness (QED) is 0.183. The molecule has 0 heterocycles. The number of anilines is 3. The van der Waals surface area contributed by atoms with Crippen LogP contribution in [0.3, 0.4) is 0 Å². The molecule has 1 heteroatoms. The van der Waals surface area contributed by atoms with Crippen LogP contribution in [0.15, 0.2) is 188 Å². The highest BCUT2D eigenvalue weighted by Gasteiger charge is 2.53. The summed E-state index contributed by atoms with van der Waals surface area (Å²) in [4.78, 5) is 2.37. The minimum Gasteiger partial charge on any atom is -0.310 e. The number of hydrogen-bond donors (Lipinski definition) is 0. The van der Waals surface area contributed by atoms with E-state index in [1.165, 1.54) is 66.4 Å². The molecule has 0 saturated heterocycles. The minimum absolute atomic E-state index is 0.122. The summed E-state index contributed by atoms with van der Waals surface area (Å²) in [5.41, 5.74) is 16.3. The van der Waals surface area contributed by atoms with Gasteiger partial charge >= 0.3 is 0 Å². The summed E-state index contributed by atoms with van der Waals surface area (Å²) in [6, 6.07) is 69.6. The lowest BCUT2D eigenvalue weighted by Gasteiger charge is -2.46.